The molecule has 11 nitrogen and oxygen atoms in total. The lowest BCUT2D eigenvalue weighted by atomic mass is 10.1. The number of aliphatic hydroxyl groups is 1. The van der Waals surface area contributed by atoms with Gasteiger partial charge in [0.15, 0.2) is 11.5 Å². The number of carbonyl (C=O) groups is 1. The van der Waals surface area contributed by atoms with Crippen LogP contribution in [0.15, 0.2) is 16.7 Å². The molecular formula is C18H25F3N4O7. The van der Waals surface area contributed by atoms with E-state index in [1.807, 2.05) is 11.9 Å². The van der Waals surface area contributed by atoms with E-state index in [9.17, 15) is 18.3 Å². The Labute approximate surface area is 181 Å². The van der Waals surface area contributed by atoms with E-state index in [1.165, 1.54) is 7.11 Å². The van der Waals surface area contributed by atoms with E-state index in [2.05, 4.69) is 10.1 Å². The number of rotatable bonds is 9. The number of halogens is 3. The zero-order chi connectivity index (χ0) is 24.5. The summed E-state index contributed by atoms with van der Waals surface area (Å²) in [6.07, 6.45) is -5.68. The fourth-order valence-electron chi connectivity index (χ4n) is 2.38. The predicted molar refractivity (Wildman–Crippen MR) is 104 cm³/mol. The Hall–Kier alpha value is -3.10. The molecule has 0 bridgehead atoms. The molecule has 0 spiro atoms. The Morgan fingerprint density at radius 1 is 1.22 bits per heavy atom. The van der Waals surface area contributed by atoms with Crippen LogP contribution < -0.4 is 19.9 Å². The van der Waals surface area contributed by atoms with Crippen LogP contribution in [0.25, 0.3) is 11.4 Å². The first kappa shape index (κ1) is 26.9. The van der Waals surface area contributed by atoms with Gasteiger partial charge >= 0.3 is 12.1 Å². The molecule has 0 saturated carbocycles. The van der Waals surface area contributed by atoms with Gasteiger partial charge in [0, 0.05) is 18.7 Å². The van der Waals surface area contributed by atoms with Crippen molar-refractivity contribution in [1.82, 2.24) is 15.0 Å². The highest BCUT2D eigenvalue weighted by atomic mass is 19.4. The van der Waals surface area contributed by atoms with Crippen molar-refractivity contribution in [3.05, 3.63) is 18.0 Å². The normalized spacial score (nSPS) is 12.1. The van der Waals surface area contributed by atoms with E-state index >= 15 is 0 Å². The molecule has 0 fully saturated rings. The number of nitrogens with two attached hydrogens (primary N) is 1. The number of hydrogen-bond donors (Lipinski definition) is 3. The van der Waals surface area contributed by atoms with Crippen LogP contribution >= 0.6 is 0 Å². The summed E-state index contributed by atoms with van der Waals surface area (Å²) in [5.41, 5.74) is 6.09. The summed E-state index contributed by atoms with van der Waals surface area (Å²) in [5.74, 6) is -0.421. The number of nitrogens with zero attached hydrogens (tertiary/aromatic N) is 3. The minimum Gasteiger partial charge on any atom is -0.493 e. The Kier molecular flexibility index (Phi) is 10.2. The predicted octanol–water partition coefficient (Wildman–Crippen LogP) is 1.15. The van der Waals surface area contributed by atoms with E-state index in [-0.39, 0.29) is 6.54 Å². The number of aromatic nitrogens is 2. The van der Waals surface area contributed by atoms with Crippen LogP contribution in [0.5, 0.6) is 17.2 Å². The van der Waals surface area contributed by atoms with Gasteiger partial charge in [-0.15, -0.1) is 0 Å². The van der Waals surface area contributed by atoms with Gasteiger partial charge in [-0.1, -0.05) is 5.16 Å². The molecule has 1 aromatic heterocycles. The van der Waals surface area contributed by atoms with Gasteiger partial charge in [0.2, 0.25) is 17.5 Å². The van der Waals surface area contributed by atoms with Crippen LogP contribution in [0.4, 0.5) is 13.2 Å². The first-order chi connectivity index (χ1) is 15.0. The summed E-state index contributed by atoms with van der Waals surface area (Å²) in [6, 6.07) is 3.50. The summed E-state index contributed by atoms with van der Waals surface area (Å²) in [6.45, 7) is 1.01. The van der Waals surface area contributed by atoms with Crippen molar-refractivity contribution >= 4 is 5.97 Å². The largest absolute Gasteiger partial charge is 0.493 e. The summed E-state index contributed by atoms with van der Waals surface area (Å²) in [5, 5.41) is 20.7. The molecule has 0 saturated heterocycles. The second-order valence-corrected chi connectivity index (χ2v) is 6.31. The van der Waals surface area contributed by atoms with E-state index in [0.717, 1.165) is 0 Å². The third-order valence-corrected chi connectivity index (χ3v) is 3.83. The fraction of sp³-hybridized carbons (Fsp3) is 0.500. The quantitative estimate of drug-likeness (QED) is 0.488. The zero-order valence-electron chi connectivity index (χ0n) is 17.8. The number of hydrogen-bond acceptors (Lipinski definition) is 10. The molecule has 0 amide bonds. The molecular weight excluding hydrogens is 441 g/mol. The molecule has 2 rings (SSSR count). The maximum absolute atomic E-state index is 10.6. The van der Waals surface area contributed by atoms with Crippen LogP contribution in [0.1, 0.15) is 5.89 Å². The summed E-state index contributed by atoms with van der Waals surface area (Å²) >= 11 is 0. The van der Waals surface area contributed by atoms with Gasteiger partial charge < -0.3 is 34.7 Å². The van der Waals surface area contributed by atoms with E-state index in [4.69, 9.17) is 34.4 Å². The van der Waals surface area contributed by atoms with Crippen molar-refractivity contribution in [2.45, 2.75) is 18.8 Å². The molecule has 1 atom stereocenters. The smallest absolute Gasteiger partial charge is 0.490 e. The molecule has 1 aromatic carbocycles. The van der Waals surface area contributed by atoms with Crippen molar-refractivity contribution in [2.24, 2.45) is 5.73 Å². The average molecular weight is 466 g/mol. The van der Waals surface area contributed by atoms with Crippen molar-refractivity contribution < 1.29 is 46.9 Å². The summed E-state index contributed by atoms with van der Waals surface area (Å²) in [7, 11) is 6.46. The molecule has 0 aliphatic rings. The van der Waals surface area contributed by atoms with Crippen LogP contribution in [0, 0.1) is 0 Å². The van der Waals surface area contributed by atoms with Gasteiger partial charge in [0.25, 0.3) is 0 Å². The monoisotopic (exact) mass is 466 g/mol. The first-order valence-electron chi connectivity index (χ1n) is 8.96. The third-order valence-electron chi connectivity index (χ3n) is 3.83. The minimum atomic E-state index is -5.08. The molecule has 1 heterocycles. The third kappa shape index (κ3) is 7.86. The Bertz CT molecular complexity index is 851. The second-order valence-electron chi connectivity index (χ2n) is 6.31. The topological polar surface area (TPSA) is 153 Å². The summed E-state index contributed by atoms with van der Waals surface area (Å²) < 4.78 is 53.0. The molecule has 32 heavy (non-hydrogen) atoms. The Morgan fingerprint density at radius 3 is 2.16 bits per heavy atom. The number of aliphatic hydroxyl groups excluding tert-OH is 1. The molecule has 0 radical (unpaired) electrons. The average Bonchev–Trinajstić information content (AvgIpc) is 3.20. The highest BCUT2D eigenvalue weighted by Crippen LogP contribution is 2.40. The number of ether oxygens (including phenoxy) is 3. The highest BCUT2D eigenvalue weighted by Gasteiger charge is 2.38. The summed E-state index contributed by atoms with van der Waals surface area (Å²) in [4.78, 5) is 15.1. The zero-order valence-corrected chi connectivity index (χ0v) is 17.8. The number of alkyl halides is 3. The number of carboxylic acid groups (broad SMARTS) is 1. The van der Waals surface area contributed by atoms with Crippen molar-refractivity contribution in [2.75, 3.05) is 41.5 Å². The van der Waals surface area contributed by atoms with Gasteiger partial charge in [0.1, 0.15) is 0 Å². The van der Waals surface area contributed by atoms with Crippen molar-refractivity contribution in [1.29, 1.82) is 0 Å². The van der Waals surface area contributed by atoms with E-state index in [1.54, 1.807) is 26.4 Å². The van der Waals surface area contributed by atoms with Gasteiger partial charge in [-0.05, 0) is 19.2 Å². The molecule has 180 valence electrons. The number of aliphatic carboxylic acids is 1. The van der Waals surface area contributed by atoms with Crippen molar-refractivity contribution in [3.63, 3.8) is 0 Å². The molecule has 0 aliphatic carbocycles. The van der Waals surface area contributed by atoms with Gasteiger partial charge in [-0.2, -0.15) is 18.2 Å². The van der Waals surface area contributed by atoms with Gasteiger partial charge in [-0.25, -0.2) is 4.79 Å². The van der Waals surface area contributed by atoms with Crippen molar-refractivity contribution in [3.8, 4) is 28.6 Å². The van der Waals surface area contributed by atoms with Crippen LogP contribution in [0.3, 0.4) is 0 Å². The van der Waals surface area contributed by atoms with Gasteiger partial charge in [-0.3, -0.25) is 4.90 Å². The molecule has 14 heteroatoms. The number of benzene rings is 1. The van der Waals surface area contributed by atoms with E-state index in [0.29, 0.717) is 47.6 Å². The number of carboxylic acids is 1. The SMILES string of the molecule is COc1cc(-c2noc(CN(C)CC(O)CN)n2)cc(OC)c1OC.O=C(O)C(F)(F)F. The maximum Gasteiger partial charge on any atom is 0.490 e. The molecule has 0 aliphatic heterocycles. The second kappa shape index (κ2) is 12.1. The lowest BCUT2D eigenvalue weighted by molar-refractivity contribution is -0.192. The minimum absolute atomic E-state index is 0.199. The lowest BCUT2D eigenvalue weighted by Crippen LogP contribution is -2.33. The number of likely N-dealkylation sites (N-methyl/N-ethyl adjacent to an activating group) is 1. The molecule has 4 N–H and O–H groups in total. The fourth-order valence-corrected chi connectivity index (χ4v) is 2.38. The number of methoxy groups -OCH3 is 3. The lowest BCUT2D eigenvalue weighted by Gasteiger charge is -2.17. The van der Waals surface area contributed by atoms with Crippen LogP contribution in [-0.4, -0.2) is 85.0 Å². The molecule has 1 unspecified atom stereocenters. The highest BCUT2D eigenvalue weighted by molar-refractivity contribution is 5.73. The Balaban J connectivity index is 0.000000633. The molecule has 2 aromatic rings. The first-order valence-corrected chi connectivity index (χ1v) is 8.96. The Morgan fingerprint density at radius 2 is 1.75 bits per heavy atom. The van der Waals surface area contributed by atoms with Crippen LogP contribution in [0.2, 0.25) is 0 Å². The van der Waals surface area contributed by atoms with E-state index < -0.39 is 18.2 Å². The van der Waals surface area contributed by atoms with Crippen LogP contribution in [-0.2, 0) is 11.3 Å². The van der Waals surface area contributed by atoms with Gasteiger partial charge in [0.05, 0.1) is 34.0 Å². The maximum atomic E-state index is 10.6. The standard InChI is InChI=1S/C16H24N4O5.C2HF3O2/c1-20(8-11(21)7-17)9-14-18-16(19-25-14)10-5-12(22-2)15(24-4)13(6-10)23-3;3-2(4,5)1(6)7/h5-6,11,21H,7-9,17H2,1-4H3;(H,6,7).